The number of carbonyl (C=O) groups is 2. The van der Waals surface area contributed by atoms with Crippen LogP contribution < -0.4 is 21.1 Å². The molecule has 0 aliphatic rings. The molecular formula is C28H33N5O5S. The molecular weight excluding hydrogens is 518 g/mol. The third-order valence-corrected chi connectivity index (χ3v) is 7.31. The third kappa shape index (κ3) is 9.64. The zero-order valence-electron chi connectivity index (χ0n) is 21.3. The van der Waals surface area contributed by atoms with Gasteiger partial charge in [0.2, 0.25) is 21.8 Å². The van der Waals surface area contributed by atoms with Gasteiger partial charge in [0.15, 0.2) is 0 Å². The summed E-state index contributed by atoms with van der Waals surface area (Å²) in [4.78, 5) is 26.1. The minimum Gasteiger partial charge on any atom is -0.394 e. The molecule has 39 heavy (non-hydrogen) atoms. The number of nitrogens with one attached hydrogen (secondary N) is 4. The molecule has 1 unspecified atom stereocenters. The maximum Gasteiger partial charge on any atom is 0.242 e. The molecule has 0 aliphatic carbocycles. The number of amidine groups is 1. The normalized spacial score (nSPS) is 12.7. The van der Waals surface area contributed by atoms with Gasteiger partial charge in [-0.2, -0.15) is 0 Å². The van der Waals surface area contributed by atoms with Gasteiger partial charge in [-0.1, -0.05) is 84.9 Å². The first kappa shape index (κ1) is 29.5. The molecule has 2 atom stereocenters. The van der Waals surface area contributed by atoms with E-state index in [0.717, 1.165) is 11.1 Å². The minimum absolute atomic E-state index is 0.0629. The van der Waals surface area contributed by atoms with Crippen molar-refractivity contribution in [3.63, 3.8) is 0 Å². The van der Waals surface area contributed by atoms with Crippen molar-refractivity contribution in [1.82, 2.24) is 15.4 Å². The second kappa shape index (κ2) is 14.2. The molecule has 0 aromatic heterocycles. The van der Waals surface area contributed by atoms with Crippen molar-refractivity contribution in [2.75, 3.05) is 6.61 Å². The van der Waals surface area contributed by atoms with Gasteiger partial charge < -0.3 is 21.5 Å². The fourth-order valence-electron chi connectivity index (χ4n) is 3.84. The molecule has 0 saturated heterocycles. The molecule has 0 aliphatic heterocycles. The smallest absolute Gasteiger partial charge is 0.242 e. The fraction of sp³-hybridized carbons (Fsp3) is 0.250. The van der Waals surface area contributed by atoms with Crippen molar-refractivity contribution in [3.05, 3.63) is 107 Å². The highest BCUT2D eigenvalue weighted by atomic mass is 32.2. The summed E-state index contributed by atoms with van der Waals surface area (Å²) in [5.74, 6) is -1.70. The number of nitrogens with two attached hydrogens (primary N) is 1. The van der Waals surface area contributed by atoms with E-state index in [4.69, 9.17) is 11.1 Å². The topological polar surface area (TPSA) is 174 Å². The average molecular weight is 552 g/mol. The first-order chi connectivity index (χ1) is 18.7. The van der Waals surface area contributed by atoms with E-state index in [2.05, 4.69) is 15.4 Å². The summed E-state index contributed by atoms with van der Waals surface area (Å²) in [6, 6.07) is 22.2. The molecule has 0 bridgehead atoms. The number of rotatable bonds is 14. The van der Waals surface area contributed by atoms with Crippen molar-refractivity contribution < 1.29 is 23.1 Å². The Morgan fingerprint density at radius 2 is 1.41 bits per heavy atom. The van der Waals surface area contributed by atoms with Gasteiger partial charge in [0.25, 0.3) is 0 Å². The van der Waals surface area contributed by atoms with Gasteiger partial charge in [-0.25, -0.2) is 13.1 Å². The van der Waals surface area contributed by atoms with E-state index in [1.165, 1.54) is 0 Å². The Morgan fingerprint density at radius 3 is 1.97 bits per heavy atom. The number of amides is 2. The number of sulfonamides is 1. The Morgan fingerprint density at radius 1 is 0.821 bits per heavy atom. The lowest BCUT2D eigenvalue weighted by Gasteiger charge is -2.22. The molecule has 2 amide bonds. The lowest BCUT2D eigenvalue weighted by Crippen LogP contribution is -2.55. The van der Waals surface area contributed by atoms with Gasteiger partial charge >= 0.3 is 0 Å². The van der Waals surface area contributed by atoms with Crippen molar-refractivity contribution >= 4 is 27.7 Å². The predicted molar refractivity (Wildman–Crippen MR) is 149 cm³/mol. The zero-order chi connectivity index (χ0) is 28.3. The molecule has 0 saturated carbocycles. The van der Waals surface area contributed by atoms with E-state index in [1.807, 2.05) is 30.3 Å². The Balaban J connectivity index is 1.67. The number of aliphatic hydroxyl groups is 1. The van der Waals surface area contributed by atoms with Gasteiger partial charge in [0.05, 0.1) is 12.4 Å². The van der Waals surface area contributed by atoms with Gasteiger partial charge in [-0.3, -0.25) is 15.0 Å². The van der Waals surface area contributed by atoms with Crippen LogP contribution in [0.2, 0.25) is 0 Å². The van der Waals surface area contributed by atoms with E-state index in [0.29, 0.717) is 17.5 Å². The van der Waals surface area contributed by atoms with Crippen LogP contribution in [0.5, 0.6) is 0 Å². The maximum atomic E-state index is 13.1. The van der Waals surface area contributed by atoms with Crippen molar-refractivity contribution in [1.29, 1.82) is 5.41 Å². The summed E-state index contributed by atoms with van der Waals surface area (Å²) in [5, 5.41) is 22.7. The summed E-state index contributed by atoms with van der Waals surface area (Å²) in [5.41, 5.74) is 8.29. The Kier molecular flexibility index (Phi) is 10.7. The van der Waals surface area contributed by atoms with Gasteiger partial charge in [0.1, 0.15) is 17.9 Å². The molecule has 0 fully saturated rings. The van der Waals surface area contributed by atoms with Crippen molar-refractivity contribution in [2.24, 2.45) is 5.73 Å². The van der Waals surface area contributed by atoms with Crippen molar-refractivity contribution in [2.45, 2.75) is 37.2 Å². The van der Waals surface area contributed by atoms with Crippen LogP contribution >= 0.6 is 0 Å². The molecule has 3 aromatic carbocycles. The predicted octanol–water partition coefficient (Wildman–Crippen LogP) is 1.18. The average Bonchev–Trinajstić information content (AvgIpc) is 2.93. The van der Waals surface area contributed by atoms with Crippen LogP contribution in [0.15, 0.2) is 84.9 Å². The first-order valence-corrected chi connectivity index (χ1v) is 14.0. The molecule has 3 rings (SSSR count). The summed E-state index contributed by atoms with van der Waals surface area (Å²) in [6.45, 7) is -0.614. The SMILES string of the molecule is N=C(N)c1ccc(CNC(=O)[C@H](CCc2ccccc2)NC(=O)C(CO)NS(=O)(=O)Cc2ccccc2)cc1. The van der Waals surface area contributed by atoms with Crippen LogP contribution in [-0.4, -0.2) is 49.9 Å². The van der Waals surface area contributed by atoms with E-state index < -0.39 is 40.5 Å². The van der Waals surface area contributed by atoms with Crippen LogP contribution in [0.1, 0.15) is 28.7 Å². The highest BCUT2D eigenvalue weighted by Gasteiger charge is 2.28. The third-order valence-electron chi connectivity index (χ3n) is 5.95. The Labute approximate surface area is 228 Å². The van der Waals surface area contributed by atoms with Crippen LogP contribution in [0.3, 0.4) is 0 Å². The molecule has 11 heteroatoms. The number of hydrogen-bond donors (Lipinski definition) is 6. The molecule has 10 nitrogen and oxygen atoms in total. The maximum absolute atomic E-state index is 13.1. The molecule has 7 N–H and O–H groups in total. The summed E-state index contributed by atoms with van der Waals surface area (Å²) in [6.07, 6.45) is 0.732. The number of carbonyl (C=O) groups excluding carboxylic acids is 2. The number of aryl methyl sites for hydroxylation is 1. The monoisotopic (exact) mass is 551 g/mol. The molecule has 3 aromatic rings. The van der Waals surface area contributed by atoms with Crippen LogP contribution in [0.4, 0.5) is 0 Å². The van der Waals surface area contributed by atoms with Crippen molar-refractivity contribution in [3.8, 4) is 0 Å². The van der Waals surface area contributed by atoms with Crippen LogP contribution in [-0.2, 0) is 38.3 Å². The standard InChI is InChI=1S/C28H33N5O5S/c29-26(30)23-14-11-21(12-15-23)17-31-27(35)24(16-13-20-7-3-1-4-8-20)32-28(36)25(18-34)33-39(37,38)19-22-9-5-2-6-10-22/h1-12,14-15,24-25,33-34H,13,16-19H2,(H3,29,30)(H,31,35)(H,32,36)/t24-,25?/m0/s1. The zero-order valence-corrected chi connectivity index (χ0v) is 22.2. The second-order valence-corrected chi connectivity index (χ2v) is 10.8. The van der Waals surface area contributed by atoms with E-state index in [-0.39, 0.29) is 24.6 Å². The van der Waals surface area contributed by atoms with Gasteiger partial charge in [0, 0.05) is 12.1 Å². The lowest BCUT2D eigenvalue weighted by molar-refractivity contribution is -0.130. The fourth-order valence-corrected chi connectivity index (χ4v) is 5.17. The molecule has 0 heterocycles. The first-order valence-electron chi connectivity index (χ1n) is 12.4. The number of nitrogen functional groups attached to an aromatic ring is 1. The highest BCUT2D eigenvalue weighted by molar-refractivity contribution is 7.88. The van der Waals surface area contributed by atoms with E-state index in [9.17, 15) is 23.1 Å². The Bertz CT molecular complexity index is 1350. The quantitative estimate of drug-likeness (QED) is 0.130. The molecule has 0 spiro atoms. The summed E-state index contributed by atoms with van der Waals surface area (Å²) in [7, 11) is -3.95. The van der Waals surface area contributed by atoms with Crippen LogP contribution in [0, 0.1) is 5.41 Å². The van der Waals surface area contributed by atoms with E-state index >= 15 is 0 Å². The number of aliphatic hydroxyl groups excluding tert-OH is 1. The number of hydrogen-bond acceptors (Lipinski definition) is 6. The highest BCUT2D eigenvalue weighted by Crippen LogP contribution is 2.09. The van der Waals surface area contributed by atoms with Gasteiger partial charge in [-0.05, 0) is 29.5 Å². The largest absolute Gasteiger partial charge is 0.394 e. The summed E-state index contributed by atoms with van der Waals surface area (Å²) >= 11 is 0. The molecule has 206 valence electrons. The summed E-state index contributed by atoms with van der Waals surface area (Å²) < 4.78 is 27.5. The van der Waals surface area contributed by atoms with Crippen LogP contribution in [0.25, 0.3) is 0 Å². The second-order valence-electron chi connectivity index (χ2n) is 9.01. The molecule has 0 radical (unpaired) electrons. The minimum atomic E-state index is -3.95. The van der Waals surface area contributed by atoms with E-state index in [1.54, 1.807) is 54.6 Å². The van der Waals surface area contributed by atoms with Gasteiger partial charge in [-0.15, -0.1) is 0 Å². The lowest BCUT2D eigenvalue weighted by atomic mass is 10.0. The Hall–Kier alpha value is -4.06. The number of benzene rings is 3.